The maximum atomic E-state index is 14.0. The van der Waals surface area contributed by atoms with Crippen LogP contribution in [0.25, 0.3) is 0 Å². The fourth-order valence-corrected chi connectivity index (χ4v) is 5.57. The summed E-state index contributed by atoms with van der Waals surface area (Å²) in [6.07, 6.45) is 0.701. The molecule has 0 amide bonds. The van der Waals surface area contributed by atoms with Crippen LogP contribution in [-0.2, 0) is 14.8 Å². The van der Waals surface area contributed by atoms with Crippen molar-refractivity contribution in [3.05, 3.63) is 30.1 Å². The lowest BCUT2D eigenvalue weighted by Crippen LogP contribution is -2.53. The molecule has 23 heavy (non-hydrogen) atoms. The molecule has 128 valence electrons. The zero-order valence-corrected chi connectivity index (χ0v) is 14.3. The summed E-state index contributed by atoms with van der Waals surface area (Å²) in [6, 6.07) is 5.44. The van der Waals surface area contributed by atoms with Crippen LogP contribution >= 0.6 is 0 Å². The molecule has 3 rings (SSSR count). The third kappa shape index (κ3) is 2.91. The Kier molecular flexibility index (Phi) is 4.73. The molecular formula is C16H23FN2O3S. The molecule has 0 unspecified atom stereocenters. The normalized spacial score (nSPS) is 29.6. The van der Waals surface area contributed by atoms with E-state index >= 15 is 0 Å². The Morgan fingerprint density at radius 2 is 2.04 bits per heavy atom. The molecule has 0 spiro atoms. The number of hydrogen-bond donors (Lipinski definition) is 0. The zero-order valence-electron chi connectivity index (χ0n) is 13.5. The van der Waals surface area contributed by atoms with Crippen molar-refractivity contribution in [2.24, 2.45) is 5.92 Å². The predicted octanol–water partition coefficient (Wildman–Crippen LogP) is 1.56. The van der Waals surface area contributed by atoms with Gasteiger partial charge in [-0.2, -0.15) is 4.31 Å². The van der Waals surface area contributed by atoms with Crippen LogP contribution in [0.2, 0.25) is 0 Å². The smallest absolute Gasteiger partial charge is 0.246 e. The van der Waals surface area contributed by atoms with E-state index in [1.54, 1.807) is 13.2 Å². The first-order valence-electron chi connectivity index (χ1n) is 8.00. The van der Waals surface area contributed by atoms with E-state index in [1.165, 1.54) is 22.5 Å². The topological polar surface area (TPSA) is 49.9 Å². The number of ether oxygens (including phenoxy) is 1. The van der Waals surface area contributed by atoms with Gasteiger partial charge in [0.25, 0.3) is 0 Å². The summed E-state index contributed by atoms with van der Waals surface area (Å²) in [6.45, 7) is 4.80. The van der Waals surface area contributed by atoms with E-state index in [-0.39, 0.29) is 23.0 Å². The highest BCUT2D eigenvalue weighted by Crippen LogP contribution is 2.36. The van der Waals surface area contributed by atoms with E-state index in [2.05, 4.69) is 11.8 Å². The molecular weight excluding hydrogens is 319 g/mol. The number of likely N-dealkylation sites (N-methyl/N-ethyl adjacent to an activating group) is 1. The van der Waals surface area contributed by atoms with Gasteiger partial charge in [0.15, 0.2) is 0 Å². The first-order chi connectivity index (χ1) is 11.0. The number of fused-ring (bicyclic) bond motifs is 1. The monoisotopic (exact) mass is 342 g/mol. The van der Waals surface area contributed by atoms with Crippen LogP contribution in [0.3, 0.4) is 0 Å². The molecule has 0 saturated carbocycles. The standard InChI is InChI=1S/C16H23FN2O3S/c1-3-18-10-12-14(11-18)19(9-8-15(12)22-2)23(20,21)16-7-5-4-6-13(16)17/h4-7,12,14-15H,3,8-11H2,1-2H3/t12-,14+,15+/m1/s1. The van der Waals surface area contributed by atoms with Crippen LogP contribution in [0.15, 0.2) is 29.2 Å². The van der Waals surface area contributed by atoms with E-state index in [9.17, 15) is 12.8 Å². The first-order valence-corrected chi connectivity index (χ1v) is 9.44. The van der Waals surface area contributed by atoms with Gasteiger partial charge in [0.1, 0.15) is 10.7 Å². The molecule has 2 heterocycles. The summed E-state index contributed by atoms with van der Waals surface area (Å²) in [5, 5.41) is 0. The molecule has 2 fully saturated rings. The van der Waals surface area contributed by atoms with Crippen molar-refractivity contribution < 1.29 is 17.5 Å². The van der Waals surface area contributed by atoms with Crippen LogP contribution in [0.5, 0.6) is 0 Å². The van der Waals surface area contributed by atoms with Crippen LogP contribution in [0.1, 0.15) is 13.3 Å². The van der Waals surface area contributed by atoms with E-state index in [4.69, 9.17) is 4.74 Å². The summed E-state index contributed by atoms with van der Waals surface area (Å²) in [5.74, 6) is -0.557. The van der Waals surface area contributed by atoms with Gasteiger partial charge in [-0.3, -0.25) is 0 Å². The Morgan fingerprint density at radius 1 is 1.30 bits per heavy atom. The quantitative estimate of drug-likeness (QED) is 0.833. The average Bonchev–Trinajstić information content (AvgIpc) is 2.98. The second kappa shape index (κ2) is 6.47. The SMILES string of the molecule is CCN1C[C@H]2[C@@H](OC)CCN(S(=O)(=O)c3ccccc3F)[C@H]2C1. The van der Waals surface area contributed by atoms with Gasteiger partial charge in [-0.1, -0.05) is 19.1 Å². The fraction of sp³-hybridized carbons (Fsp3) is 0.625. The van der Waals surface area contributed by atoms with E-state index < -0.39 is 15.8 Å². The van der Waals surface area contributed by atoms with Gasteiger partial charge in [-0.15, -0.1) is 0 Å². The van der Waals surface area contributed by atoms with E-state index in [0.717, 1.165) is 13.1 Å². The number of piperidine rings is 1. The number of hydrogen-bond acceptors (Lipinski definition) is 4. The first kappa shape index (κ1) is 16.8. The Labute approximate surface area is 137 Å². The van der Waals surface area contributed by atoms with Crippen LogP contribution in [-0.4, -0.2) is 63.1 Å². The van der Waals surface area contributed by atoms with E-state index in [0.29, 0.717) is 19.5 Å². The second-order valence-electron chi connectivity index (χ2n) is 6.19. The summed E-state index contributed by atoms with van der Waals surface area (Å²) in [4.78, 5) is 2.00. The second-order valence-corrected chi connectivity index (χ2v) is 8.05. The molecule has 5 nitrogen and oxygen atoms in total. The molecule has 3 atom stereocenters. The summed E-state index contributed by atoms with van der Waals surface area (Å²) in [5.41, 5.74) is 0. The third-order valence-corrected chi connectivity index (χ3v) is 7.02. The molecule has 0 aliphatic carbocycles. The minimum absolute atomic E-state index is 0.0589. The molecule has 7 heteroatoms. The van der Waals surface area contributed by atoms with Gasteiger partial charge in [0.2, 0.25) is 10.0 Å². The lowest BCUT2D eigenvalue weighted by Gasteiger charge is -2.40. The number of rotatable bonds is 4. The largest absolute Gasteiger partial charge is 0.381 e. The van der Waals surface area contributed by atoms with Crippen molar-refractivity contribution in [3.63, 3.8) is 0 Å². The Morgan fingerprint density at radius 3 is 2.70 bits per heavy atom. The van der Waals surface area contributed by atoms with E-state index in [1.807, 2.05) is 0 Å². The number of benzene rings is 1. The van der Waals surface area contributed by atoms with Crippen molar-refractivity contribution in [1.82, 2.24) is 9.21 Å². The molecule has 2 saturated heterocycles. The Hall–Kier alpha value is -1.02. The molecule has 1 aromatic rings. The minimum Gasteiger partial charge on any atom is -0.381 e. The average molecular weight is 342 g/mol. The molecule has 2 aliphatic rings. The van der Waals surface area contributed by atoms with Gasteiger partial charge < -0.3 is 9.64 Å². The molecule has 0 N–H and O–H groups in total. The van der Waals surface area contributed by atoms with Crippen molar-refractivity contribution in [3.8, 4) is 0 Å². The van der Waals surface area contributed by atoms with Crippen molar-refractivity contribution in [1.29, 1.82) is 0 Å². The predicted molar refractivity (Wildman–Crippen MR) is 85.1 cm³/mol. The van der Waals surface area contributed by atoms with Crippen LogP contribution in [0, 0.1) is 11.7 Å². The molecule has 0 bridgehead atoms. The maximum absolute atomic E-state index is 14.0. The van der Waals surface area contributed by atoms with Gasteiger partial charge in [0.05, 0.1) is 6.10 Å². The molecule has 1 aromatic carbocycles. The van der Waals surface area contributed by atoms with Gasteiger partial charge in [-0.05, 0) is 25.1 Å². The molecule has 0 radical (unpaired) electrons. The van der Waals surface area contributed by atoms with Crippen molar-refractivity contribution >= 4 is 10.0 Å². The van der Waals surface area contributed by atoms with Gasteiger partial charge in [0, 0.05) is 38.7 Å². The van der Waals surface area contributed by atoms with Crippen LogP contribution in [0.4, 0.5) is 4.39 Å². The number of likely N-dealkylation sites (tertiary alicyclic amines) is 1. The number of nitrogens with zero attached hydrogens (tertiary/aromatic N) is 2. The Balaban J connectivity index is 1.95. The van der Waals surface area contributed by atoms with Gasteiger partial charge >= 0.3 is 0 Å². The summed E-state index contributed by atoms with van der Waals surface area (Å²) >= 11 is 0. The lowest BCUT2D eigenvalue weighted by molar-refractivity contribution is 0.00235. The number of sulfonamides is 1. The number of methoxy groups -OCH3 is 1. The minimum atomic E-state index is -3.83. The van der Waals surface area contributed by atoms with Gasteiger partial charge in [-0.25, -0.2) is 12.8 Å². The maximum Gasteiger partial charge on any atom is 0.246 e. The highest BCUT2D eigenvalue weighted by atomic mass is 32.2. The zero-order chi connectivity index (χ0) is 16.6. The summed E-state index contributed by atoms with van der Waals surface area (Å²) < 4.78 is 47.0. The highest BCUT2D eigenvalue weighted by molar-refractivity contribution is 7.89. The van der Waals surface area contributed by atoms with Crippen molar-refractivity contribution in [2.75, 3.05) is 33.3 Å². The fourth-order valence-electron chi connectivity index (χ4n) is 3.83. The van der Waals surface area contributed by atoms with Crippen molar-refractivity contribution in [2.45, 2.75) is 30.4 Å². The molecule has 2 aliphatic heterocycles. The lowest BCUT2D eigenvalue weighted by atomic mass is 9.91. The highest BCUT2D eigenvalue weighted by Gasteiger charge is 2.48. The summed E-state index contributed by atoms with van der Waals surface area (Å²) in [7, 11) is -2.16. The Bertz CT molecular complexity index is 667. The molecule has 0 aromatic heterocycles. The number of halogens is 1. The third-order valence-electron chi connectivity index (χ3n) is 5.06. The van der Waals surface area contributed by atoms with Crippen LogP contribution < -0.4 is 0 Å².